The molecule has 0 aromatic carbocycles. The summed E-state index contributed by atoms with van der Waals surface area (Å²) >= 11 is 1.68. The van der Waals surface area contributed by atoms with Crippen molar-refractivity contribution in [2.24, 2.45) is 0 Å². The fourth-order valence-corrected chi connectivity index (χ4v) is 1.91. The van der Waals surface area contributed by atoms with Crippen LogP contribution in [-0.4, -0.2) is 26.7 Å². The molecule has 1 rings (SSSR count). The molecule has 0 aliphatic rings. The largest absolute Gasteiger partial charge is 0.494 e. The molecule has 0 radical (unpaired) electrons. The van der Waals surface area contributed by atoms with E-state index in [0.717, 1.165) is 12.2 Å². The van der Waals surface area contributed by atoms with Crippen molar-refractivity contribution in [1.29, 1.82) is 0 Å². The molecule has 0 amide bonds. The van der Waals surface area contributed by atoms with Crippen LogP contribution in [0.3, 0.4) is 0 Å². The zero-order chi connectivity index (χ0) is 12.1. The van der Waals surface area contributed by atoms with Crippen LogP contribution in [0, 0.1) is 0 Å². The number of thioether (sulfide) groups is 1. The van der Waals surface area contributed by atoms with Gasteiger partial charge in [-0.25, -0.2) is 4.79 Å². The summed E-state index contributed by atoms with van der Waals surface area (Å²) in [4.78, 5) is 25.0. The molecule has 1 aromatic rings. The zero-order valence-corrected chi connectivity index (χ0v) is 10.3. The Hall–Kier alpha value is -1.17. The second kappa shape index (κ2) is 5.79. The van der Waals surface area contributed by atoms with Gasteiger partial charge in [-0.05, 0) is 24.9 Å². The van der Waals surface area contributed by atoms with Crippen molar-refractivity contribution >= 4 is 11.8 Å². The van der Waals surface area contributed by atoms with Gasteiger partial charge in [0.1, 0.15) is 0 Å². The minimum Gasteiger partial charge on any atom is -0.494 e. The van der Waals surface area contributed by atoms with Crippen molar-refractivity contribution in [3.05, 3.63) is 26.4 Å². The van der Waals surface area contributed by atoms with Crippen LogP contribution in [0.5, 0.6) is 5.88 Å². The molecule has 1 aromatic heterocycles. The molecule has 6 heteroatoms. The minimum atomic E-state index is -0.541. The van der Waals surface area contributed by atoms with Gasteiger partial charge in [-0.15, -0.1) is 0 Å². The Balaban J connectivity index is 3.08. The maximum Gasteiger partial charge on any atom is 0.331 e. The molecule has 0 saturated heterocycles. The van der Waals surface area contributed by atoms with E-state index in [-0.39, 0.29) is 11.4 Å². The first-order valence-electron chi connectivity index (χ1n) is 5.15. The molecule has 0 bridgehead atoms. The third kappa shape index (κ3) is 2.69. The lowest BCUT2D eigenvalue weighted by Crippen LogP contribution is -2.32. The summed E-state index contributed by atoms with van der Waals surface area (Å²) < 4.78 is 1.22. The van der Waals surface area contributed by atoms with Crippen LogP contribution in [0.25, 0.3) is 0 Å². The molecule has 1 heterocycles. The number of nitrogens with one attached hydrogen (secondary N) is 1. The summed E-state index contributed by atoms with van der Waals surface area (Å²) in [5.74, 6) is 0.712. The van der Waals surface area contributed by atoms with Crippen LogP contribution in [0.4, 0.5) is 0 Å². The van der Waals surface area contributed by atoms with Crippen LogP contribution in [0.2, 0.25) is 0 Å². The second-order valence-electron chi connectivity index (χ2n) is 3.41. The Morgan fingerprint density at radius 1 is 1.44 bits per heavy atom. The smallest absolute Gasteiger partial charge is 0.331 e. The number of hydrogen-bond acceptors (Lipinski definition) is 4. The van der Waals surface area contributed by atoms with Gasteiger partial charge in [-0.3, -0.25) is 14.3 Å². The van der Waals surface area contributed by atoms with E-state index in [1.165, 1.54) is 4.57 Å². The van der Waals surface area contributed by atoms with Crippen molar-refractivity contribution in [1.82, 2.24) is 9.55 Å². The molecule has 0 aliphatic heterocycles. The topological polar surface area (TPSA) is 75.1 Å². The van der Waals surface area contributed by atoms with E-state index in [0.29, 0.717) is 13.0 Å². The summed E-state index contributed by atoms with van der Waals surface area (Å²) in [6.45, 7) is 2.19. The number of nitrogens with zero attached hydrogens (tertiary/aromatic N) is 1. The maximum atomic E-state index is 11.5. The van der Waals surface area contributed by atoms with Gasteiger partial charge in [0.2, 0.25) is 5.88 Å². The van der Waals surface area contributed by atoms with Crippen LogP contribution < -0.4 is 11.2 Å². The van der Waals surface area contributed by atoms with Crippen molar-refractivity contribution in [2.45, 2.75) is 26.3 Å². The highest BCUT2D eigenvalue weighted by Gasteiger charge is 2.11. The summed E-state index contributed by atoms with van der Waals surface area (Å²) in [6, 6.07) is 0. The van der Waals surface area contributed by atoms with E-state index < -0.39 is 11.2 Å². The zero-order valence-electron chi connectivity index (χ0n) is 9.45. The Bertz CT molecular complexity index is 464. The Morgan fingerprint density at radius 2 is 2.12 bits per heavy atom. The van der Waals surface area contributed by atoms with E-state index in [1.807, 2.05) is 6.26 Å². The van der Waals surface area contributed by atoms with Gasteiger partial charge in [-0.2, -0.15) is 11.8 Å². The van der Waals surface area contributed by atoms with E-state index in [4.69, 9.17) is 0 Å². The monoisotopic (exact) mass is 244 g/mol. The van der Waals surface area contributed by atoms with E-state index in [1.54, 1.807) is 18.7 Å². The fourth-order valence-electron chi connectivity index (χ4n) is 1.49. The van der Waals surface area contributed by atoms with Gasteiger partial charge in [0.15, 0.2) is 0 Å². The van der Waals surface area contributed by atoms with Crippen LogP contribution in [0.1, 0.15) is 18.9 Å². The number of rotatable bonds is 5. The van der Waals surface area contributed by atoms with Crippen LogP contribution in [0.15, 0.2) is 9.59 Å². The van der Waals surface area contributed by atoms with Gasteiger partial charge >= 0.3 is 5.69 Å². The summed E-state index contributed by atoms with van der Waals surface area (Å²) in [5.41, 5.74) is -0.768. The van der Waals surface area contributed by atoms with Gasteiger partial charge in [-0.1, -0.05) is 6.92 Å². The Labute approximate surface area is 97.5 Å². The number of aromatic nitrogens is 2. The summed E-state index contributed by atoms with van der Waals surface area (Å²) in [7, 11) is 0. The first-order chi connectivity index (χ1) is 7.61. The van der Waals surface area contributed by atoms with Crippen LogP contribution in [-0.2, 0) is 13.0 Å². The predicted molar refractivity (Wildman–Crippen MR) is 65.4 cm³/mol. The highest BCUT2D eigenvalue weighted by molar-refractivity contribution is 7.98. The molecule has 16 heavy (non-hydrogen) atoms. The SMILES string of the molecule is CCc1c(O)n(CCCSC)c(=O)[nH]c1=O. The molecule has 0 unspecified atom stereocenters. The van der Waals surface area contributed by atoms with E-state index >= 15 is 0 Å². The third-order valence-electron chi connectivity index (χ3n) is 2.35. The number of H-pyrrole nitrogens is 1. The number of hydrogen-bond donors (Lipinski definition) is 2. The predicted octanol–water partition coefficient (Wildman–Crippen LogP) is 0.558. The Morgan fingerprint density at radius 3 is 2.69 bits per heavy atom. The molecule has 90 valence electrons. The molecule has 0 spiro atoms. The van der Waals surface area contributed by atoms with E-state index in [2.05, 4.69) is 4.98 Å². The lowest BCUT2D eigenvalue weighted by molar-refractivity contribution is 0.392. The molecule has 0 aliphatic carbocycles. The van der Waals surface area contributed by atoms with Crippen molar-refractivity contribution in [3.8, 4) is 5.88 Å². The quantitative estimate of drug-likeness (QED) is 0.742. The maximum absolute atomic E-state index is 11.5. The van der Waals surface area contributed by atoms with Crippen LogP contribution >= 0.6 is 11.8 Å². The first kappa shape index (κ1) is 12.9. The molecule has 0 saturated carbocycles. The second-order valence-corrected chi connectivity index (χ2v) is 4.40. The van der Waals surface area contributed by atoms with E-state index in [9.17, 15) is 14.7 Å². The molecular weight excluding hydrogens is 228 g/mol. The summed E-state index contributed by atoms with van der Waals surface area (Å²) in [6.07, 6.45) is 3.17. The normalized spacial score (nSPS) is 10.6. The van der Waals surface area contributed by atoms with Gasteiger partial charge in [0.05, 0.1) is 5.56 Å². The third-order valence-corrected chi connectivity index (χ3v) is 3.05. The Kier molecular flexibility index (Phi) is 4.67. The molecular formula is C10H16N2O3S. The fraction of sp³-hybridized carbons (Fsp3) is 0.600. The number of aromatic hydroxyl groups is 1. The first-order valence-corrected chi connectivity index (χ1v) is 6.55. The summed E-state index contributed by atoms with van der Waals surface area (Å²) in [5, 5.41) is 9.79. The van der Waals surface area contributed by atoms with Crippen molar-refractivity contribution < 1.29 is 5.11 Å². The lowest BCUT2D eigenvalue weighted by Gasteiger charge is -2.09. The highest BCUT2D eigenvalue weighted by Crippen LogP contribution is 2.11. The van der Waals surface area contributed by atoms with Crippen molar-refractivity contribution in [2.75, 3.05) is 12.0 Å². The van der Waals surface area contributed by atoms with Gasteiger partial charge < -0.3 is 5.11 Å². The average molecular weight is 244 g/mol. The average Bonchev–Trinajstić information content (AvgIpc) is 2.23. The van der Waals surface area contributed by atoms with Gasteiger partial charge in [0.25, 0.3) is 5.56 Å². The standard InChI is InChI=1S/C10H16N2O3S/c1-3-7-8(13)11-10(15)12(9(7)14)5-4-6-16-2/h14H,3-6H2,1-2H3,(H,11,13,15). The molecule has 0 atom stereocenters. The molecule has 0 fully saturated rings. The molecule has 5 nitrogen and oxygen atoms in total. The van der Waals surface area contributed by atoms with Gasteiger partial charge in [0, 0.05) is 6.54 Å². The lowest BCUT2D eigenvalue weighted by atomic mass is 10.2. The van der Waals surface area contributed by atoms with Crippen molar-refractivity contribution in [3.63, 3.8) is 0 Å². The number of aromatic amines is 1. The minimum absolute atomic E-state index is 0.197. The molecule has 2 N–H and O–H groups in total. The highest BCUT2D eigenvalue weighted by atomic mass is 32.2.